The van der Waals surface area contributed by atoms with Gasteiger partial charge < -0.3 is 0 Å². The highest BCUT2D eigenvalue weighted by Crippen LogP contribution is 2.42. The minimum Gasteiger partial charge on any atom is -0.299 e. The van der Waals surface area contributed by atoms with E-state index in [-0.39, 0.29) is 18.6 Å². The predicted molar refractivity (Wildman–Crippen MR) is 69.2 cm³/mol. The fourth-order valence-corrected chi connectivity index (χ4v) is 3.50. The van der Waals surface area contributed by atoms with Gasteiger partial charge in [-0.2, -0.15) is 13.2 Å². The van der Waals surface area contributed by atoms with Gasteiger partial charge in [0.15, 0.2) is 0 Å². The zero-order valence-electron chi connectivity index (χ0n) is 10.6. The molecular weight excluding hydrogens is 273 g/mol. The van der Waals surface area contributed by atoms with Crippen LogP contribution in [0.25, 0.3) is 0 Å². The van der Waals surface area contributed by atoms with Crippen LogP contribution in [0.2, 0.25) is 0 Å². The van der Waals surface area contributed by atoms with Crippen LogP contribution in [0, 0.1) is 11.8 Å². The highest BCUT2D eigenvalue weighted by Gasteiger charge is 2.47. The number of carbonyl (C=O) groups is 1. The largest absolute Gasteiger partial charge is 0.392 e. The molecule has 0 spiro atoms. The van der Waals surface area contributed by atoms with Crippen molar-refractivity contribution in [3.8, 4) is 0 Å². The molecule has 1 aromatic heterocycles. The van der Waals surface area contributed by atoms with Crippen molar-refractivity contribution in [2.75, 3.05) is 0 Å². The summed E-state index contributed by atoms with van der Waals surface area (Å²) in [4.78, 5) is 13.1. The first kappa shape index (κ1) is 14.6. The normalized spacial score (nSPS) is 24.4. The molecule has 5 heteroatoms. The Morgan fingerprint density at radius 2 is 2.05 bits per heavy atom. The second kappa shape index (κ2) is 6.07. The van der Waals surface area contributed by atoms with E-state index < -0.39 is 18.0 Å². The topological polar surface area (TPSA) is 17.1 Å². The molecule has 19 heavy (non-hydrogen) atoms. The first-order valence-electron chi connectivity index (χ1n) is 6.60. The fourth-order valence-electron chi connectivity index (χ4n) is 2.79. The third kappa shape index (κ3) is 3.81. The van der Waals surface area contributed by atoms with Gasteiger partial charge in [-0.25, -0.2) is 0 Å². The van der Waals surface area contributed by atoms with Gasteiger partial charge >= 0.3 is 6.18 Å². The summed E-state index contributed by atoms with van der Waals surface area (Å²) in [6.45, 7) is 0. The van der Waals surface area contributed by atoms with Crippen molar-refractivity contribution in [1.82, 2.24) is 0 Å². The predicted octanol–water partition coefficient (Wildman–Crippen LogP) is 4.62. The summed E-state index contributed by atoms with van der Waals surface area (Å²) >= 11 is 1.54. The Bertz CT molecular complexity index is 411. The number of aryl methyl sites for hydroxylation is 1. The summed E-state index contributed by atoms with van der Waals surface area (Å²) in [6.07, 6.45) is -1.60. The van der Waals surface area contributed by atoms with Crippen LogP contribution in [0.5, 0.6) is 0 Å². The second-order valence-electron chi connectivity index (χ2n) is 5.08. The molecule has 1 nitrogen and oxygen atoms in total. The highest BCUT2D eigenvalue weighted by molar-refractivity contribution is 7.09. The molecule has 0 saturated heterocycles. The molecule has 1 aliphatic carbocycles. The summed E-state index contributed by atoms with van der Waals surface area (Å²) in [5.41, 5.74) is 0. The summed E-state index contributed by atoms with van der Waals surface area (Å²) in [6, 6.07) is 3.81. The van der Waals surface area contributed by atoms with Crippen molar-refractivity contribution in [3.63, 3.8) is 0 Å². The molecule has 0 N–H and O–H groups in total. The van der Waals surface area contributed by atoms with E-state index >= 15 is 0 Å². The Morgan fingerprint density at radius 3 is 2.68 bits per heavy atom. The second-order valence-corrected chi connectivity index (χ2v) is 6.12. The average molecular weight is 290 g/mol. The van der Waals surface area contributed by atoms with Gasteiger partial charge in [-0.1, -0.05) is 18.9 Å². The smallest absolute Gasteiger partial charge is 0.299 e. The van der Waals surface area contributed by atoms with Crippen LogP contribution in [0.1, 0.15) is 37.0 Å². The number of ketones is 1. The third-order valence-electron chi connectivity index (χ3n) is 3.80. The van der Waals surface area contributed by atoms with Crippen molar-refractivity contribution in [2.24, 2.45) is 11.8 Å². The van der Waals surface area contributed by atoms with E-state index in [9.17, 15) is 18.0 Å². The standard InChI is InChI=1S/C14H17F3OS/c15-14(16,17)12-6-2-1-5-11(12)13(18)8-7-10-4-3-9-19-10/h3-4,9,11-12H,1-2,5-8H2. The summed E-state index contributed by atoms with van der Waals surface area (Å²) in [5, 5.41) is 1.92. The first-order chi connectivity index (χ1) is 8.98. The molecule has 0 bridgehead atoms. The van der Waals surface area contributed by atoms with Crippen molar-refractivity contribution >= 4 is 17.1 Å². The van der Waals surface area contributed by atoms with Gasteiger partial charge in [-0.3, -0.25) is 4.79 Å². The van der Waals surface area contributed by atoms with Crippen molar-refractivity contribution < 1.29 is 18.0 Å². The molecule has 2 rings (SSSR count). The van der Waals surface area contributed by atoms with Crippen LogP contribution in [0.3, 0.4) is 0 Å². The molecule has 1 heterocycles. The maximum absolute atomic E-state index is 12.9. The molecule has 1 saturated carbocycles. The quantitative estimate of drug-likeness (QED) is 0.791. The number of hydrogen-bond donors (Lipinski definition) is 0. The number of hydrogen-bond acceptors (Lipinski definition) is 2. The molecule has 2 atom stereocenters. The molecule has 0 radical (unpaired) electrons. The highest BCUT2D eigenvalue weighted by atomic mass is 32.1. The number of Topliss-reactive ketones (excluding diaryl/α,β-unsaturated/α-hetero) is 1. The average Bonchev–Trinajstić information content (AvgIpc) is 2.88. The van der Waals surface area contributed by atoms with Crippen LogP contribution in [0.4, 0.5) is 13.2 Å². The summed E-state index contributed by atoms with van der Waals surface area (Å²) < 4.78 is 38.7. The molecule has 1 fully saturated rings. The van der Waals surface area contributed by atoms with Crippen molar-refractivity contribution in [2.45, 2.75) is 44.7 Å². The molecule has 1 aliphatic rings. The zero-order valence-corrected chi connectivity index (χ0v) is 11.4. The van der Waals surface area contributed by atoms with Crippen LogP contribution in [-0.2, 0) is 11.2 Å². The maximum Gasteiger partial charge on any atom is 0.392 e. The monoisotopic (exact) mass is 290 g/mol. The lowest BCUT2D eigenvalue weighted by molar-refractivity contribution is -0.197. The first-order valence-corrected chi connectivity index (χ1v) is 7.48. The van der Waals surface area contributed by atoms with E-state index in [0.29, 0.717) is 19.3 Å². The summed E-state index contributed by atoms with van der Waals surface area (Å²) in [5.74, 6) is -2.44. The number of halogens is 3. The lowest BCUT2D eigenvalue weighted by Crippen LogP contribution is -2.37. The Morgan fingerprint density at radius 1 is 1.32 bits per heavy atom. The molecule has 106 valence electrons. The summed E-state index contributed by atoms with van der Waals surface area (Å²) in [7, 11) is 0. The fraction of sp³-hybridized carbons (Fsp3) is 0.643. The zero-order chi connectivity index (χ0) is 13.9. The Labute approximate surface area is 114 Å². The van der Waals surface area contributed by atoms with Gasteiger partial charge in [0, 0.05) is 17.2 Å². The van der Waals surface area contributed by atoms with E-state index in [2.05, 4.69) is 0 Å². The van der Waals surface area contributed by atoms with Gasteiger partial charge in [0.25, 0.3) is 0 Å². The molecule has 0 aromatic carbocycles. The lowest BCUT2D eigenvalue weighted by Gasteiger charge is -2.32. The van der Waals surface area contributed by atoms with E-state index in [1.165, 1.54) is 0 Å². The van der Waals surface area contributed by atoms with Gasteiger partial charge in [0.05, 0.1) is 5.92 Å². The molecule has 1 aromatic rings. The minimum atomic E-state index is -4.23. The van der Waals surface area contributed by atoms with E-state index in [4.69, 9.17) is 0 Å². The van der Waals surface area contributed by atoms with Crippen LogP contribution in [-0.4, -0.2) is 12.0 Å². The number of carbonyl (C=O) groups excluding carboxylic acids is 1. The number of rotatable bonds is 4. The van der Waals surface area contributed by atoms with Gasteiger partial charge in [-0.15, -0.1) is 11.3 Å². The number of alkyl halides is 3. The Hall–Kier alpha value is -0.840. The van der Waals surface area contributed by atoms with Crippen LogP contribution < -0.4 is 0 Å². The third-order valence-corrected chi connectivity index (χ3v) is 4.73. The van der Waals surface area contributed by atoms with Gasteiger partial charge in [-0.05, 0) is 30.7 Å². The van der Waals surface area contributed by atoms with E-state index in [1.54, 1.807) is 11.3 Å². The Kier molecular flexibility index (Phi) is 4.66. The SMILES string of the molecule is O=C(CCc1cccs1)C1CCCCC1C(F)(F)F. The molecule has 0 amide bonds. The van der Waals surface area contributed by atoms with Gasteiger partial charge in [0.1, 0.15) is 5.78 Å². The van der Waals surface area contributed by atoms with E-state index in [1.807, 2.05) is 17.5 Å². The van der Waals surface area contributed by atoms with Crippen molar-refractivity contribution in [3.05, 3.63) is 22.4 Å². The van der Waals surface area contributed by atoms with Crippen LogP contribution >= 0.6 is 11.3 Å². The van der Waals surface area contributed by atoms with Gasteiger partial charge in [0.2, 0.25) is 0 Å². The molecule has 2 unspecified atom stereocenters. The maximum atomic E-state index is 12.9. The van der Waals surface area contributed by atoms with Crippen molar-refractivity contribution in [1.29, 1.82) is 0 Å². The molecule has 0 aliphatic heterocycles. The van der Waals surface area contributed by atoms with Crippen LogP contribution in [0.15, 0.2) is 17.5 Å². The minimum absolute atomic E-state index is 0.110. The van der Waals surface area contributed by atoms with E-state index in [0.717, 1.165) is 11.3 Å². The molecular formula is C14H17F3OS. The lowest BCUT2D eigenvalue weighted by atomic mass is 9.75. The Balaban J connectivity index is 1.95. The number of thiophene rings is 1.